The summed E-state index contributed by atoms with van der Waals surface area (Å²) in [4.78, 5) is 16.0. The molecule has 0 aliphatic carbocycles. The first-order valence-electron chi connectivity index (χ1n) is 11.0. The molecule has 0 aliphatic rings. The fraction of sp³-hybridized carbons (Fsp3) is 0.320. The predicted molar refractivity (Wildman–Crippen MR) is 131 cm³/mol. The minimum atomic E-state index is -0.652. The maximum Gasteiger partial charge on any atom is 0.229 e. The molecular weight excluding hydrogens is 416 g/mol. The van der Waals surface area contributed by atoms with Crippen LogP contribution in [0.25, 0.3) is 11.2 Å². The Morgan fingerprint density at radius 3 is 2.45 bits per heavy atom. The molecule has 0 aliphatic heterocycles. The number of aromatic nitrogens is 4. The highest BCUT2D eigenvalue weighted by molar-refractivity contribution is 5.84. The number of likely N-dealkylation sites (N-methyl/N-ethyl adjacent to an activating group) is 1. The van der Waals surface area contributed by atoms with Crippen molar-refractivity contribution in [3.63, 3.8) is 0 Å². The number of rotatable bonds is 9. The van der Waals surface area contributed by atoms with Gasteiger partial charge in [-0.15, -0.1) is 0 Å². The van der Waals surface area contributed by atoms with Crippen molar-refractivity contribution in [2.24, 2.45) is 0 Å². The van der Waals surface area contributed by atoms with Gasteiger partial charge in [-0.25, -0.2) is 4.98 Å². The summed E-state index contributed by atoms with van der Waals surface area (Å²) < 4.78 is 7.27. The van der Waals surface area contributed by atoms with Crippen molar-refractivity contribution < 1.29 is 9.84 Å². The van der Waals surface area contributed by atoms with Gasteiger partial charge in [0.05, 0.1) is 26.1 Å². The molecule has 2 N–H and O–H groups in total. The van der Waals surface area contributed by atoms with Crippen molar-refractivity contribution in [2.45, 2.75) is 32.5 Å². The zero-order valence-corrected chi connectivity index (χ0v) is 19.4. The van der Waals surface area contributed by atoms with Crippen LogP contribution < -0.4 is 15.0 Å². The third kappa shape index (κ3) is 5.06. The van der Waals surface area contributed by atoms with Gasteiger partial charge in [0.25, 0.3) is 0 Å². The van der Waals surface area contributed by atoms with Crippen LogP contribution in [-0.2, 0) is 6.54 Å². The number of anilines is 2. The van der Waals surface area contributed by atoms with E-state index in [2.05, 4.69) is 24.1 Å². The van der Waals surface area contributed by atoms with Crippen LogP contribution in [-0.4, -0.2) is 45.3 Å². The van der Waals surface area contributed by atoms with Gasteiger partial charge in [-0.2, -0.15) is 9.97 Å². The number of nitrogens with zero attached hydrogens (tertiary/aromatic N) is 5. The predicted octanol–water partition coefficient (Wildman–Crippen LogP) is 4.20. The lowest BCUT2D eigenvalue weighted by Crippen LogP contribution is -2.26. The van der Waals surface area contributed by atoms with E-state index in [0.29, 0.717) is 24.9 Å². The number of ether oxygens (including phenoxy) is 1. The molecule has 2 aromatic carbocycles. The van der Waals surface area contributed by atoms with Crippen LogP contribution in [0.4, 0.5) is 11.8 Å². The average Bonchev–Trinajstić information content (AvgIpc) is 3.28. The molecule has 0 saturated carbocycles. The Hall–Kier alpha value is -3.65. The number of aliphatic hydroxyl groups excluding tert-OH is 1. The fourth-order valence-corrected chi connectivity index (χ4v) is 3.63. The molecular formula is C25H30N6O2. The van der Waals surface area contributed by atoms with Crippen molar-refractivity contribution in [3.05, 3.63) is 72.1 Å². The second-order valence-corrected chi connectivity index (χ2v) is 8.30. The van der Waals surface area contributed by atoms with Crippen LogP contribution in [0.3, 0.4) is 0 Å². The summed E-state index contributed by atoms with van der Waals surface area (Å²) >= 11 is 0. The monoisotopic (exact) mass is 446 g/mol. The van der Waals surface area contributed by atoms with Gasteiger partial charge < -0.3 is 24.6 Å². The summed E-state index contributed by atoms with van der Waals surface area (Å²) in [5, 5.41) is 14.1. The highest BCUT2D eigenvalue weighted by Crippen LogP contribution is 2.26. The maximum atomic E-state index is 10.7. The average molecular weight is 447 g/mol. The maximum absolute atomic E-state index is 10.7. The molecule has 8 nitrogen and oxygen atoms in total. The third-order valence-electron chi connectivity index (χ3n) is 5.56. The van der Waals surface area contributed by atoms with Gasteiger partial charge in [-0.3, -0.25) is 0 Å². The molecule has 4 rings (SSSR count). The first-order valence-corrected chi connectivity index (χ1v) is 11.0. The first kappa shape index (κ1) is 22.5. The van der Waals surface area contributed by atoms with Crippen LogP contribution in [0.2, 0.25) is 0 Å². The lowest BCUT2D eigenvalue weighted by Gasteiger charge is -2.22. The summed E-state index contributed by atoms with van der Waals surface area (Å²) in [5.41, 5.74) is 3.43. The molecule has 0 bridgehead atoms. The minimum absolute atomic E-state index is 0.201. The van der Waals surface area contributed by atoms with Crippen molar-refractivity contribution >= 4 is 22.9 Å². The van der Waals surface area contributed by atoms with Crippen LogP contribution >= 0.6 is 0 Å². The molecule has 33 heavy (non-hydrogen) atoms. The number of fused-ring (bicyclic) bond motifs is 1. The number of hydrogen-bond donors (Lipinski definition) is 2. The lowest BCUT2D eigenvalue weighted by molar-refractivity contribution is 0.184. The molecule has 1 atom stereocenters. The number of hydrogen-bond acceptors (Lipinski definition) is 7. The number of imidazole rings is 1. The molecule has 1 unspecified atom stereocenters. The van der Waals surface area contributed by atoms with Crippen LogP contribution in [0, 0.1) is 0 Å². The molecule has 8 heteroatoms. The fourth-order valence-electron chi connectivity index (χ4n) is 3.63. The minimum Gasteiger partial charge on any atom is -0.497 e. The summed E-state index contributed by atoms with van der Waals surface area (Å²) in [5.74, 6) is 2.00. The number of nitrogens with one attached hydrogen (secondary N) is 1. The van der Waals surface area contributed by atoms with Gasteiger partial charge >= 0.3 is 0 Å². The standard InChI is InChI=1S/C25H30N6O2/c1-17(2)31-16-27-22-23(26-14-18-10-12-20(33-4)13-11-18)28-25(29-24(22)31)30(3)15-21(32)19-8-6-5-7-9-19/h5-13,16-17,21,32H,14-15H2,1-4H3,(H,26,28,29). The highest BCUT2D eigenvalue weighted by atomic mass is 16.5. The number of benzene rings is 2. The van der Waals surface area contributed by atoms with Crippen molar-refractivity contribution in [1.82, 2.24) is 19.5 Å². The van der Waals surface area contributed by atoms with Crippen LogP contribution in [0.15, 0.2) is 60.9 Å². The Morgan fingerprint density at radius 2 is 1.79 bits per heavy atom. The smallest absolute Gasteiger partial charge is 0.229 e. The summed E-state index contributed by atoms with van der Waals surface area (Å²) in [6, 6.07) is 17.7. The molecule has 4 aromatic rings. The Kier molecular flexibility index (Phi) is 6.74. The van der Waals surface area contributed by atoms with Crippen molar-refractivity contribution in [1.29, 1.82) is 0 Å². The van der Waals surface area contributed by atoms with E-state index in [0.717, 1.165) is 28.0 Å². The molecule has 0 amide bonds. The number of aliphatic hydroxyl groups is 1. The van der Waals surface area contributed by atoms with Crippen LogP contribution in [0.1, 0.15) is 37.1 Å². The van der Waals surface area contributed by atoms with Crippen molar-refractivity contribution in [2.75, 3.05) is 30.9 Å². The zero-order chi connectivity index (χ0) is 23.4. The van der Waals surface area contributed by atoms with Gasteiger partial charge in [0.1, 0.15) is 5.75 Å². The normalized spacial score (nSPS) is 12.2. The second kappa shape index (κ2) is 9.87. The molecule has 0 radical (unpaired) electrons. The van der Waals surface area contributed by atoms with E-state index >= 15 is 0 Å². The van der Waals surface area contributed by atoms with Crippen molar-refractivity contribution in [3.8, 4) is 5.75 Å². The molecule has 0 fully saturated rings. The molecule has 2 heterocycles. The summed E-state index contributed by atoms with van der Waals surface area (Å²) in [6.07, 6.45) is 1.15. The Bertz CT molecular complexity index is 1190. The van der Waals surface area contributed by atoms with E-state index in [4.69, 9.17) is 14.7 Å². The Balaban J connectivity index is 1.62. The van der Waals surface area contributed by atoms with Gasteiger partial charge in [0, 0.05) is 19.6 Å². The van der Waals surface area contributed by atoms with E-state index in [1.54, 1.807) is 13.4 Å². The second-order valence-electron chi connectivity index (χ2n) is 8.30. The molecule has 0 spiro atoms. The van der Waals surface area contributed by atoms with Gasteiger partial charge in [-0.1, -0.05) is 42.5 Å². The zero-order valence-electron chi connectivity index (χ0n) is 19.4. The summed E-state index contributed by atoms with van der Waals surface area (Å²) in [7, 11) is 3.54. The number of methoxy groups -OCH3 is 1. The molecule has 2 aromatic heterocycles. The topological polar surface area (TPSA) is 88.3 Å². The quantitative estimate of drug-likeness (QED) is 0.398. The van der Waals surface area contributed by atoms with E-state index in [1.165, 1.54) is 0 Å². The summed E-state index contributed by atoms with van der Waals surface area (Å²) in [6.45, 7) is 5.14. The Labute approximate surface area is 193 Å². The van der Waals surface area contributed by atoms with E-state index in [-0.39, 0.29) is 6.04 Å². The highest BCUT2D eigenvalue weighted by Gasteiger charge is 2.19. The van der Waals surface area contributed by atoms with E-state index < -0.39 is 6.10 Å². The molecule has 172 valence electrons. The van der Waals surface area contributed by atoms with E-state index in [1.807, 2.05) is 71.1 Å². The van der Waals surface area contributed by atoms with Gasteiger partial charge in [0.2, 0.25) is 5.95 Å². The van der Waals surface area contributed by atoms with Gasteiger partial charge in [0.15, 0.2) is 17.0 Å². The van der Waals surface area contributed by atoms with E-state index in [9.17, 15) is 5.11 Å². The Morgan fingerprint density at radius 1 is 1.06 bits per heavy atom. The third-order valence-corrected chi connectivity index (χ3v) is 5.56. The lowest BCUT2D eigenvalue weighted by atomic mass is 10.1. The first-order chi connectivity index (χ1) is 16.0. The van der Waals surface area contributed by atoms with Crippen LogP contribution in [0.5, 0.6) is 5.75 Å². The molecule has 0 saturated heterocycles. The van der Waals surface area contributed by atoms with Gasteiger partial charge in [-0.05, 0) is 37.1 Å². The SMILES string of the molecule is COc1ccc(CNc2nc(N(C)CC(O)c3ccccc3)nc3c2ncn3C(C)C)cc1. The largest absolute Gasteiger partial charge is 0.497 e.